The quantitative estimate of drug-likeness (QED) is 0.361. The van der Waals surface area contributed by atoms with E-state index in [1.807, 2.05) is 38.1 Å². The number of nitrogens with zero attached hydrogens (tertiary/aromatic N) is 2. The first-order valence-corrected chi connectivity index (χ1v) is 11.3. The second-order valence-electron chi connectivity index (χ2n) is 7.62. The van der Waals surface area contributed by atoms with E-state index >= 15 is 0 Å². The molecule has 2 heterocycles. The zero-order chi connectivity index (χ0) is 21.8. The summed E-state index contributed by atoms with van der Waals surface area (Å²) in [5.74, 6) is -0.405. The van der Waals surface area contributed by atoms with Crippen molar-refractivity contribution in [2.24, 2.45) is 0 Å². The van der Waals surface area contributed by atoms with Crippen LogP contribution < -0.4 is 0 Å². The number of aryl methyl sites for hydroxylation is 2. The summed E-state index contributed by atoms with van der Waals surface area (Å²) in [6.45, 7) is 3.76. The van der Waals surface area contributed by atoms with Gasteiger partial charge in [-0.1, -0.05) is 48.0 Å². The van der Waals surface area contributed by atoms with Crippen LogP contribution in [0.4, 0.5) is 4.39 Å². The molecule has 6 heteroatoms. The summed E-state index contributed by atoms with van der Waals surface area (Å²) in [5, 5.41) is 1.56. The maximum Gasteiger partial charge on any atom is 0.268 e. The molecule has 154 valence electrons. The van der Waals surface area contributed by atoms with Gasteiger partial charge in [-0.15, -0.1) is 0 Å². The van der Waals surface area contributed by atoms with E-state index in [-0.39, 0.29) is 4.90 Å². The highest BCUT2D eigenvalue weighted by Gasteiger charge is 2.26. The first-order chi connectivity index (χ1) is 14.9. The second-order valence-corrected chi connectivity index (χ2v) is 9.41. The van der Waals surface area contributed by atoms with Gasteiger partial charge in [-0.05, 0) is 50.2 Å². The Kier molecular flexibility index (Phi) is 4.41. The molecule has 0 amide bonds. The normalized spacial score (nSPS) is 12.0. The first-order valence-electron chi connectivity index (χ1n) is 9.85. The summed E-state index contributed by atoms with van der Waals surface area (Å²) in [6.07, 6.45) is 0. The Bertz CT molecular complexity index is 1570. The van der Waals surface area contributed by atoms with Crippen LogP contribution in [0.5, 0.6) is 0 Å². The number of hydrogen-bond donors (Lipinski definition) is 0. The van der Waals surface area contributed by atoms with Crippen LogP contribution in [-0.4, -0.2) is 17.4 Å². The van der Waals surface area contributed by atoms with E-state index in [0.717, 1.165) is 22.0 Å². The predicted molar refractivity (Wildman–Crippen MR) is 121 cm³/mol. The molecule has 0 fully saturated rings. The fourth-order valence-electron chi connectivity index (χ4n) is 3.98. The van der Waals surface area contributed by atoms with Crippen LogP contribution in [0.1, 0.15) is 11.3 Å². The Balaban J connectivity index is 1.97. The van der Waals surface area contributed by atoms with Gasteiger partial charge in [0.25, 0.3) is 10.0 Å². The van der Waals surface area contributed by atoms with Crippen LogP contribution in [0, 0.1) is 19.7 Å². The van der Waals surface area contributed by atoms with Gasteiger partial charge in [0, 0.05) is 22.0 Å². The van der Waals surface area contributed by atoms with Crippen LogP contribution in [0.25, 0.3) is 33.1 Å². The highest BCUT2D eigenvalue weighted by atomic mass is 32.2. The van der Waals surface area contributed by atoms with Gasteiger partial charge >= 0.3 is 0 Å². The molecule has 2 aromatic heterocycles. The van der Waals surface area contributed by atoms with Crippen molar-refractivity contribution in [3.05, 3.63) is 95.9 Å². The molecule has 0 aliphatic carbocycles. The van der Waals surface area contributed by atoms with Crippen molar-refractivity contribution in [2.45, 2.75) is 18.7 Å². The van der Waals surface area contributed by atoms with E-state index in [0.29, 0.717) is 22.3 Å². The average molecular weight is 431 g/mol. The number of benzene rings is 3. The number of hydrogen-bond acceptors (Lipinski definition) is 3. The third kappa shape index (κ3) is 3.11. The molecule has 4 nitrogen and oxygen atoms in total. The monoisotopic (exact) mass is 430 g/mol. The summed E-state index contributed by atoms with van der Waals surface area (Å²) >= 11 is 0. The molecule has 0 saturated heterocycles. The Morgan fingerprint density at radius 2 is 1.58 bits per heavy atom. The maximum absolute atomic E-state index is 14.0. The van der Waals surface area contributed by atoms with Gasteiger partial charge in [-0.25, -0.2) is 16.8 Å². The first kappa shape index (κ1) is 19.5. The molecular formula is C25H19FN2O2S. The number of halogens is 1. The zero-order valence-electron chi connectivity index (χ0n) is 17.0. The van der Waals surface area contributed by atoms with E-state index in [9.17, 15) is 12.8 Å². The Labute approximate surface area is 179 Å². The minimum atomic E-state index is -3.94. The summed E-state index contributed by atoms with van der Waals surface area (Å²) < 4.78 is 43.0. The molecule has 0 unspecified atom stereocenters. The largest absolute Gasteiger partial charge is 0.268 e. The molecular weight excluding hydrogens is 411 g/mol. The molecule has 31 heavy (non-hydrogen) atoms. The van der Waals surface area contributed by atoms with Crippen molar-refractivity contribution in [1.29, 1.82) is 0 Å². The molecule has 3 aromatic carbocycles. The minimum Gasteiger partial charge on any atom is -0.251 e. The molecule has 0 saturated carbocycles. The average Bonchev–Trinajstić information content (AvgIpc) is 3.08. The molecule has 0 radical (unpaired) electrons. The summed E-state index contributed by atoms with van der Waals surface area (Å²) in [4.78, 5) is 4.82. The van der Waals surface area contributed by atoms with Crippen molar-refractivity contribution >= 4 is 31.8 Å². The Hall–Kier alpha value is -3.51. The van der Waals surface area contributed by atoms with Gasteiger partial charge in [0.2, 0.25) is 0 Å². The van der Waals surface area contributed by atoms with Crippen LogP contribution in [0.2, 0.25) is 0 Å². The van der Waals surface area contributed by atoms with E-state index in [4.69, 9.17) is 0 Å². The number of pyridine rings is 1. The fourth-order valence-corrected chi connectivity index (χ4v) is 5.51. The molecule has 0 aliphatic rings. The summed E-state index contributed by atoms with van der Waals surface area (Å²) in [6, 6.07) is 22.1. The molecule has 0 atom stereocenters. The standard InChI is InChI=1S/C25H19FN2O2S/c1-16-10-12-20(13-11-16)31(29,30)28-23-9-4-3-8-21(23)22-14-17(2)27-24(25(22)28)18-6-5-7-19(26)15-18/h3-15H,1-2H3. The minimum absolute atomic E-state index is 0.187. The van der Waals surface area contributed by atoms with Gasteiger partial charge in [-0.3, -0.25) is 4.98 Å². The van der Waals surface area contributed by atoms with Crippen LogP contribution in [0.15, 0.2) is 83.8 Å². The van der Waals surface area contributed by atoms with Gasteiger partial charge in [0.1, 0.15) is 5.82 Å². The van der Waals surface area contributed by atoms with Gasteiger partial charge < -0.3 is 0 Å². The number of aromatic nitrogens is 2. The lowest BCUT2D eigenvalue weighted by Crippen LogP contribution is -2.13. The number of para-hydroxylation sites is 1. The maximum atomic E-state index is 14.0. The van der Waals surface area contributed by atoms with Crippen LogP contribution in [0.3, 0.4) is 0 Å². The van der Waals surface area contributed by atoms with Crippen molar-refractivity contribution < 1.29 is 12.8 Å². The van der Waals surface area contributed by atoms with E-state index in [2.05, 4.69) is 4.98 Å². The second kappa shape index (κ2) is 7.03. The highest BCUT2D eigenvalue weighted by Crippen LogP contribution is 2.38. The van der Waals surface area contributed by atoms with E-state index < -0.39 is 15.8 Å². The fraction of sp³-hybridized carbons (Fsp3) is 0.0800. The van der Waals surface area contributed by atoms with Crippen LogP contribution >= 0.6 is 0 Å². The van der Waals surface area contributed by atoms with Gasteiger partial charge in [0.15, 0.2) is 0 Å². The van der Waals surface area contributed by atoms with Crippen molar-refractivity contribution in [2.75, 3.05) is 0 Å². The molecule has 0 bridgehead atoms. The number of rotatable bonds is 3. The highest BCUT2D eigenvalue weighted by molar-refractivity contribution is 7.90. The summed E-state index contributed by atoms with van der Waals surface area (Å²) in [5.41, 5.74) is 3.65. The third-order valence-corrected chi connectivity index (χ3v) is 7.12. The molecule has 5 rings (SSSR count). The smallest absolute Gasteiger partial charge is 0.251 e. The predicted octanol–water partition coefficient (Wildman–Crippen LogP) is 5.85. The van der Waals surface area contributed by atoms with Crippen molar-refractivity contribution in [1.82, 2.24) is 8.96 Å². The molecule has 0 N–H and O–H groups in total. The van der Waals surface area contributed by atoms with Crippen molar-refractivity contribution in [3.63, 3.8) is 0 Å². The topological polar surface area (TPSA) is 52.0 Å². The summed E-state index contributed by atoms with van der Waals surface area (Å²) in [7, 11) is -3.94. The van der Waals surface area contributed by atoms with Gasteiger partial charge in [0.05, 0.1) is 21.6 Å². The molecule has 5 aromatic rings. The Morgan fingerprint density at radius 3 is 2.32 bits per heavy atom. The Morgan fingerprint density at radius 1 is 0.839 bits per heavy atom. The lowest BCUT2D eigenvalue weighted by Gasteiger charge is -2.13. The lowest BCUT2D eigenvalue weighted by atomic mass is 10.1. The van der Waals surface area contributed by atoms with E-state index in [1.165, 1.54) is 16.1 Å². The van der Waals surface area contributed by atoms with Crippen molar-refractivity contribution in [3.8, 4) is 11.3 Å². The van der Waals surface area contributed by atoms with E-state index in [1.54, 1.807) is 42.5 Å². The lowest BCUT2D eigenvalue weighted by molar-refractivity contribution is 0.590. The van der Waals surface area contributed by atoms with Gasteiger partial charge in [-0.2, -0.15) is 0 Å². The zero-order valence-corrected chi connectivity index (χ0v) is 17.8. The SMILES string of the molecule is Cc1ccc(S(=O)(=O)n2c3ccccc3c3cc(C)nc(-c4cccc(F)c4)c32)cc1. The molecule has 0 aliphatic heterocycles. The van der Waals surface area contributed by atoms with Crippen LogP contribution in [-0.2, 0) is 10.0 Å². The molecule has 0 spiro atoms. The number of fused-ring (bicyclic) bond motifs is 3. The third-order valence-electron chi connectivity index (χ3n) is 5.39.